The van der Waals surface area contributed by atoms with E-state index in [9.17, 15) is 13.6 Å². The first-order valence-corrected chi connectivity index (χ1v) is 6.77. The second kappa shape index (κ2) is 6.81. The van der Waals surface area contributed by atoms with Gasteiger partial charge < -0.3 is 10.1 Å². The zero-order valence-corrected chi connectivity index (χ0v) is 11.5. The molecule has 1 amide bonds. The molecule has 0 saturated heterocycles. The Morgan fingerprint density at radius 2 is 2.05 bits per heavy atom. The fraction of sp³-hybridized carbons (Fsp3) is 0.143. The van der Waals surface area contributed by atoms with Crippen LogP contribution >= 0.6 is 11.3 Å². The highest BCUT2D eigenvalue weighted by molar-refractivity contribution is 7.12. The molecule has 0 saturated carbocycles. The zero-order chi connectivity index (χ0) is 15.2. The maximum Gasteiger partial charge on any atom is 0.387 e. The number of ether oxygens (including phenoxy) is 1. The first kappa shape index (κ1) is 14.9. The summed E-state index contributed by atoms with van der Waals surface area (Å²) in [7, 11) is 0. The lowest BCUT2D eigenvalue weighted by Gasteiger charge is -2.07. The highest BCUT2D eigenvalue weighted by atomic mass is 32.1. The van der Waals surface area contributed by atoms with Crippen LogP contribution in [-0.4, -0.2) is 12.5 Å². The van der Waals surface area contributed by atoms with Gasteiger partial charge in [0.1, 0.15) is 10.6 Å². The fourth-order valence-electron chi connectivity index (χ4n) is 1.61. The molecule has 2 rings (SSSR count). The number of nitrogens with one attached hydrogen (secondary N) is 1. The molecule has 0 aliphatic carbocycles. The van der Waals surface area contributed by atoms with Gasteiger partial charge in [-0.05, 0) is 29.1 Å². The number of alkyl halides is 2. The van der Waals surface area contributed by atoms with Crippen LogP contribution in [0.15, 0.2) is 35.7 Å². The van der Waals surface area contributed by atoms with Gasteiger partial charge in [-0.25, -0.2) is 0 Å². The van der Waals surface area contributed by atoms with Crippen molar-refractivity contribution in [2.45, 2.75) is 13.2 Å². The van der Waals surface area contributed by atoms with Gasteiger partial charge in [-0.3, -0.25) is 4.79 Å². The van der Waals surface area contributed by atoms with Gasteiger partial charge in [-0.15, -0.1) is 11.3 Å². The number of amides is 1. The molecule has 0 aliphatic heterocycles. The molecule has 108 valence electrons. The van der Waals surface area contributed by atoms with E-state index >= 15 is 0 Å². The number of carbonyl (C=O) groups excluding carboxylic acids is 1. The van der Waals surface area contributed by atoms with Crippen molar-refractivity contribution < 1.29 is 18.3 Å². The highest BCUT2D eigenvalue weighted by Crippen LogP contribution is 2.26. The minimum absolute atomic E-state index is 0.101. The molecule has 1 N–H and O–H groups in total. The molecule has 1 aromatic heterocycles. The Hall–Kier alpha value is -2.46. The highest BCUT2D eigenvalue weighted by Gasteiger charge is 2.17. The van der Waals surface area contributed by atoms with Crippen LogP contribution in [0.1, 0.15) is 20.8 Å². The van der Waals surface area contributed by atoms with Crippen molar-refractivity contribution in [2.24, 2.45) is 0 Å². The van der Waals surface area contributed by atoms with Crippen molar-refractivity contribution in [2.75, 3.05) is 0 Å². The number of carbonyl (C=O) groups is 1. The average molecular weight is 308 g/mol. The Kier molecular flexibility index (Phi) is 4.85. The van der Waals surface area contributed by atoms with Crippen molar-refractivity contribution in [3.63, 3.8) is 0 Å². The summed E-state index contributed by atoms with van der Waals surface area (Å²) >= 11 is 1.03. The van der Waals surface area contributed by atoms with Crippen LogP contribution in [-0.2, 0) is 6.54 Å². The van der Waals surface area contributed by atoms with Crippen molar-refractivity contribution in [3.05, 3.63) is 51.7 Å². The van der Waals surface area contributed by atoms with Crippen molar-refractivity contribution in [1.29, 1.82) is 5.26 Å². The first-order chi connectivity index (χ1) is 10.1. The van der Waals surface area contributed by atoms with E-state index in [4.69, 9.17) is 5.26 Å². The third kappa shape index (κ3) is 4.00. The summed E-state index contributed by atoms with van der Waals surface area (Å²) in [5.41, 5.74) is 1.33. The quantitative estimate of drug-likeness (QED) is 0.923. The smallest absolute Gasteiger partial charge is 0.387 e. The number of hydrogen-bond acceptors (Lipinski definition) is 4. The van der Waals surface area contributed by atoms with Crippen LogP contribution in [0.4, 0.5) is 8.78 Å². The summed E-state index contributed by atoms with van der Waals surface area (Å²) in [6.45, 7) is -2.74. The summed E-state index contributed by atoms with van der Waals surface area (Å²) < 4.78 is 28.6. The van der Waals surface area contributed by atoms with Gasteiger partial charge in [-0.1, -0.05) is 12.1 Å². The lowest BCUT2D eigenvalue weighted by Crippen LogP contribution is -2.22. The number of thiophene rings is 1. The monoisotopic (exact) mass is 308 g/mol. The van der Waals surface area contributed by atoms with Gasteiger partial charge in [-0.2, -0.15) is 14.0 Å². The molecule has 0 aliphatic rings. The minimum atomic E-state index is -2.97. The second-order valence-corrected chi connectivity index (χ2v) is 4.90. The Balaban J connectivity index is 1.98. The fourth-order valence-corrected chi connectivity index (χ4v) is 2.35. The van der Waals surface area contributed by atoms with Gasteiger partial charge >= 0.3 is 6.61 Å². The van der Waals surface area contributed by atoms with E-state index in [1.165, 1.54) is 11.4 Å². The lowest BCUT2D eigenvalue weighted by atomic mass is 10.1. The zero-order valence-electron chi connectivity index (χ0n) is 10.7. The molecule has 0 radical (unpaired) electrons. The normalized spacial score (nSPS) is 10.2. The molecule has 0 unspecified atom stereocenters. The first-order valence-electron chi connectivity index (χ1n) is 5.89. The van der Waals surface area contributed by atoms with Crippen LogP contribution in [0.5, 0.6) is 5.75 Å². The van der Waals surface area contributed by atoms with E-state index in [2.05, 4.69) is 10.1 Å². The maximum atomic E-state index is 12.2. The van der Waals surface area contributed by atoms with Crippen molar-refractivity contribution >= 4 is 17.2 Å². The van der Waals surface area contributed by atoms with Crippen molar-refractivity contribution in [3.8, 4) is 11.8 Å². The molecule has 0 spiro atoms. The Morgan fingerprint density at radius 1 is 1.33 bits per heavy atom. The van der Waals surface area contributed by atoms with Gasteiger partial charge in [0.2, 0.25) is 0 Å². The number of nitrogens with zero attached hydrogens (tertiary/aromatic N) is 1. The van der Waals surface area contributed by atoms with Gasteiger partial charge in [0.25, 0.3) is 5.91 Å². The topological polar surface area (TPSA) is 62.1 Å². The summed E-state index contributed by atoms with van der Waals surface area (Å²) in [6.07, 6.45) is 0. The Morgan fingerprint density at radius 3 is 2.67 bits per heavy atom. The van der Waals surface area contributed by atoms with E-state index < -0.39 is 12.5 Å². The molecule has 0 bridgehead atoms. The molecule has 1 aromatic carbocycles. The number of nitriles is 1. The molecule has 0 atom stereocenters. The summed E-state index contributed by atoms with van der Waals surface area (Å²) in [5, 5.41) is 12.8. The van der Waals surface area contributed by atoms with Crippen LogP contribution in [0, 0.1) is 11.3 Å². The van der Waals surface area contributed by atoms with Gasteiger partial charge in [0.05, 0.1) is 11.6 Å². The molecule has 4 nitrogen and oxygen atoms in total. The van der Waals surface area contributed by atoms with E-state index in [0.717, 1.165) is 16.9 Å². The van der Waals surface area contributed by atoms with Crippen LogP contribution in [0.3, 0.4) is 0 Å². The van der Waals surface area contributed by atoms with Crippen LogP contribution in [0.2, 0.25) is 0 Å². The average Bonchev–Trinajstić information content (AvgIpc) is 2.92. The van der Waals surface area contributed by atoms with Gasteiger partial charge in [0, 0.05) is 6.54 Å². The number of hydrogen-bond donors (Lipinski definition) is 1. The van der Waals surface area contributed by atoms with E-state index in [0.29, 0.717) is 5.56 Å². The largest absolute Gasteiger partial charge is 0.433 e. The molecule has 2 aromatic rings. The SMILES string of the molecule is N#Cc1ccc(CNC(=O)c2sccc2OC(F)F)cc1. The van der Waals surface area contributed by atoms with Crippen molar-refractivity contribution in [1.82, 2.24) is 5.32 Å². The predicted molar refractivity (Wildman–Crippen MR) is 73.3 cm³/mol. The predicted octanol–water partition coefficient (Wildman–Crippen LogP) is 3.15. The molecule has 7 heteroatoms. The Labute approximate surface area is 123 Å². The van der Waals surface area contributed by atoms with E-state index in [1.807, 2.05) is 6.07 Å². The minimum Gasteiger partial charge on any atom is -0.433 e. The van der Waals surface area contributed by atoms with E-state index in [-0.39, 0.29) is 17.2 Å². The summed E-state index contributed by atoms with van der Waals surface area (Å²) in [4.78, 5) is 12.0. The number of rotatable bonds is 5. The summed E-state index contributed by atoms with van der Waals surface area (Å²) in [6, 6.07) is 10.0. The van der Waals surface area contributed by atoms with Crippen LogP contribution in [0.25, 0.3) is 0 Å². The standard InChI is InChI=1S/C14H10F2N2O2S/c15-14(16)20-11-5-6-21-12(11)13(19)18-8-10-3-1-9(7-17)2-4-10/h1-6,14H,8H2,(H,18,19). The molecule has 21 heavy (non-hydrogen) atoms. The maximum absolute atomic E-state index is 12.2. The van der Waals surface area contributed by atoms with Crippen LogP contribution < -0.4 is 10.1 Å². The second-order valence-electron chi connectivity index (χ2n) is 3.98. The summed E-state index contributed by atoms with van der Waals surface area (Å²) in [5.74, 6) is -0.614. The molecule has 0 fully saturated rings. The molecular formula is C14H10F2N2O2S. The third-order valence-electron chi connectivity index (χ3n) is 2.59. The number of halogens is 2. The molecule has 1 heterocycles. The molecular weight excluding hydrogens is 298 g/mol. The van der Waals surface area contributed by atoms with Gasteiger partial charge in [0.15, 0.2) is 0 Å². The third-order valence-corrected chi connectivity index (χ3v) is 3.48. The van der Waals surface area contributed by atoms with E-state index in [1.54, 1.807) is 24.3 Å². The Bertz CT molecular complexity index is 662. The lowest BCUT2D eigenvalue weighted by molar-refractivity contribution is -0.0498. The number of benzene rings is 1.